The van der Waals surface area contributed by atoms with Crippen LogP contribution in [0.4, 0.5) is 0 Å². The minimum Gasteiger partial charge on any atom is -0.396 e. The third kappa shape index (κ3) is 9.96. The van der Waals surface area contributed by atoms with Gasteiger partial charge in [-0.2, -0.15) is 0 Å². The van der Waals surface area contributed by atoms with E-state index in [1.807, 2.05) is 0 Å². The van der Waals surface area contributed by atoms with Crippen molar-refractivity contribution < 1.29 is 47.9 Å². The molecule has 0 aromatic carbocycles. The highest BCUT2D eigenvalue weighted by Gasteiger charge is 2.33. The summed E-state index contributed by atoms with van der Waals surface area (Å²) in [5.41, 5.74) is -1.19. The molecule has 0 aliphatic rings. The van der Waals surface area contributed by atoms with E-state index in [0.29, 0.717) is 0 Å². The second-order valence-corrected chi connectivity index (χ2v) is 5.65. The Kier molecular flexibility index (Phi) is 12.2. The number of methoxy groups -OCH3 is 2. The molecule has 0 bridgehead atoms. The summed E-state index contributed by atoms with van der Waals surface area (Å²) in [6, 6.07) is 0. The van der Waals surface area contributed by atoms with E-state index in [-0.39, 0.29) is 26.4 Å². The molecule has 0 spiro atoms. The van der Waals surface area contributed by atoms with Crippen molar-refractivity contribution in [1.29, 1.82) is 0 Å². The Bertz CT molecular complexity index is 239. The Balaban J connectivity index is 4.52. The largest absolute Gasteiger partial charge is 0.396 e. The third-order valence-electron chi connectivity index (χ3n) is 2.50. The van der Waals surface area contributed by atoms with Crippen LogP contribution < -0.4 is 0 Å². The van der Waals surface area contributed by atoms with Crippen LogP contribution in [0.1, 0.15) is 0 Å². The predicted molar refractivity (Wildman–Crippen MR) is 72.8 cm³/mol. The van der Waals surface area contributed by atoms with Crippen molar-refractivity contribution in [2.45, 2.75) is 6.29 Å². The minimum absolute atomic E-state index is 0.0504. The fourth-order valence-corrected chi connectivity index (χ4v) is 2.03. The smallest absolute Gasteiger partial charge is 0.327 e. The van der Waals surface area contributed by atoms with Gasteiger partial charge in [-0.05, 0) is 0 Å². The van der Waals surface area contributed by atoms with Crippen molar-refractivity contribution in [2.24, 2.45) is 5.41 Å². The first-order valence-electron chi connectivity index (χ1n) is 5.75. The zero-order valence-electron chi connectivity index (χ0n) is 11.8. The number of aliphatic hydroxyl groups excluding tert-OH is 1. The summed E-state index contributed by atoms with van der Waals surface area (Å²) in [4.78, 5) is 35.1. The topological polar surface area (TPSA) is 147 Å². The molecule has 0 unspecified atom stereocenters. The van der Waals surface area contributed by atoms with Gasteiger partial charge in [0.1, 0.15) is 0 Å². The van der Waals surface area contributed by atoms with Crippen molar-refractivity contribution in [1.82, 2.24) is 0 Å². The molecule has 21 heavy (non-hydrogen) atoms. The van der Waals surface area contributed by atoms with Crippen molar-refractivity contribution in [3.05, 3.63) is 0 Å². The van der Waals surface area contributed by atoms with Crippen LogP contribution in [0.3, 0.4) is 0 Å². The second-order valence-electron chi connectivity index (χ2n) is 4.13. The highest BCUT2D eigenvalue weighted by Crippen LogP contribution is 2.33. The van der Waals surface area contributed by atoms with Crippen LogP contribution in [0.5, 0.6) is 0 Å². The van der Waals surface area contributed by atoms with E-state index >= 15 is 0 Å². The van der Waals surface area contributed by atoms with Crippen LogP contribution in [0.15, 0.2) is 0 Å². The lowest BCUT2D eigenvalue weighted by atomic mass is 9.93. The van der Waals surface area contributed by atoms with Crippen molar-refractivity contribution >= 4 is 17.2 Å². The van der Waals surface area contributed by atoms with E-state index in [4.69, 9.17) is 33.8 Å². The third-order valence-corrected chi connectivity index (χ3v) is 3.22. The number of aliphatic hydroxyl groups is 1. The average Bonchev–Trinajstić information content (AvgIpc) is 2.46. The summed E-state index contributed by atoms with van der Waals surface area (Å²) in [7, 11) is -2.38. The van der Waals surface area contributed by atoms with Crippen molar-refractivity contribution in [3.8, 4) is 0 Å². The van der Waals surface area contributed by atoms with E-state index in [0.717, 1.165) is 0 Å². The molecule has 5 N–H and O–H groups in total. The molecule has 0 rings (SSSR count). The van der Waals surface area contributed by atoms with Crippen LogP contribution in [-0.2, 0) is 23.3 Å². The Morgan fingerprint density at radius 1 is 0.905 bits per heavy atom. The number of ether oxygens (including phenoxy) is 3. The fourth-order valence-electron chi connectivity index (χ4n) is 1.26. The maximum Gasteiger partial charge on any atom is 0.327 e. The summed E-state index contributed by atoms with van der Waals surface area (Å²) in [5, 5.41) is 9.47. The van der Waals surface area contributed by atoms with Gasteiger partial charge in [0.15, 0.2) is 6.29 Å². The molecule has 0 fully saturated rings. The first kappa shape index (κ1) is 21.5. The highest BCUT2D eigenvalue weighted by molar-refractivity contribution is 7.39. The maximum absolute atomic E-state index is 9.47. The first-order valence-corrected chi connectivity index (χ1v) is 8.08. The van der Waals surface area contributed by atoms with Gasteiger partial charge >= 0.3 is 17.2 Å². The lowest BCUT2D eigenvalue weighted by molar-refractivity contribution is -0.154. The highest BCUT2D eigenvalue weighted by atomic mass is 31.2. The summed E-state index contributed by atoms with van der Waals surface area (Å²) in [6.45, 7) is -1.18. The van der Waals surface area contributed by atoms with Crippen LogP contribution in [0.25, 0.3) is 0 Å². The lowest BCUT2D eigenvalue weighted by Gasteiger charge is -2.31. The fraction of sp³-hybridized carbons (Fsp3) is 1.00. The molecule has 12 heteroatoms. The van der Waals surface area contributed by atoms with E-state index in [9.17, 15) is 5.11 Å². The van der Waals surface area contributed by atoms with E-state index in [1.165, 1.54) is 14.2 Å². The zero-order chi connectivity index (χ0) is 16.3. The summed E-state index contributed by atoms with van der Waals surface area (Å²) in [5.74, 6) is 0. The molecule has 0 heterocycles. The lowest BCUT2D eigenvalue weighted by Crippen LogP contribution is -2.40. The standard InChI is InChI=1S/C9H22O10P2/c1-15-8(16-2)3-17-5-9(4-10,6-18-20(11)12)7-19-21(13)14/h8,10-14H,3-7H2,1-2H3. The molecular formula is C9H22O10P2. The second kappa shape index (κ2) is 12.0. The Labute approximate surface area is 125 Å². The predicted octanol–water partition coefficient (Wildman–Crippen LogP) is -0.943. The Hall–Kier alpha value is 0.460. The summed E-state index contributed by atoms with van der Waals surface area (Å²) < 4.78 is 24.5. The normalized spacial score (nSPS) is 12.9. The zero-order valence-corrected chi connectivity index (χ0v) is 13.6. The molecule has 0 saturated heterocycles. The van der Waals surface area contributed by atoms with Gasteiger partial charge < -0.3 is 47.9 Å². The van der Waals surface area contributed by atoms with Gasteiger partial charge in [0.05, 0.1) is 38.4 Å². The van der Waals surface area contributed by atoms with Gasteiger partial charge in [0.2, 0.25) is 0 Å². The van der Waals surface area contributed by atoms with Gasteiger partial charge in [0.25, 0.3) is 0 Å². The molecule has 0 atom stereocenters. The molecule has 0 saturated carbocycles. The van der Waals surface area contributed by atoms with Gasteiger partial charge in [0, 0.05) is 14.2 Å². The molecule has 128 valence electrons. The molecule has 0 amide bonds. The molecule has 0 radical (unpaired) electrons. The van der Waals surface area contributed by atoms with E-state index in [1.54, 1.807) is 0 Å². The number of hydrogen-bond acceptors (Lipinski definition) is 10. The van der Waals surface area contributed by atoms with Crippen molar-refractivity contribution in [2.75, 3.05) is 47.3 Å². The Morgan fingerprint density at radius 3 is 1.71 bits per heavy atom. The van der Waals surface area contributed by atoms with Gasteiger partial charge in [-0.15, -0.1) is 0 Å². The van der Waals surface area contributed by atoms with Crippen molar-refractivity contribution in [3.63, 3.8) is 0 Å². The molecule has 0 aromatic heterocycles. The van der Waals surface area contributed by atoms with Gasteiger partial charge in [-0.3, -0.25) is 0 Å². The van der Waals surface area contributed by atoms with Crippen LogP contribution in [0, 0.1) is 5.41 Å². The monoisotopic (exact) mass is 352 g/mol. The van der Waals surface area contributed by atoms with E-state index in [2.05, 4.69) is 9.05 Å². The molecule has 10 nitrogen and oxygen atoms in total. The molecular weight excluding hydrogens is 330 g/mol. The van der Waals surface area contributed by atoms with Crippen LogP contribution >= 0.6 is 17.2 Å². The van der Waals surface area contributed by atoms with Gasteiger partial charge in [-0.25, -0.2) is 0 Å². The number of rotatable bonds is 13. The quantitative estimate of drug-likeness (QED) is 0.208. The molecule has 0 aliphatic heterocycles. The number of hydrogen-bond donors (Lipinski definition) is 5. The molecule has 0 aliphatic carbocycles. The maximum atomic E-state index is 9.47. The van der Waals surface area contributed by atoms with Crippen LogP contribution in [-0.4, -0.2) is 78.2 Å². The SMILES string of the molecule is COC(COCC(CO)(COP(O)O)COP(O)O)OC. The molecule has 0 aromatic rings. The van der Waals surface area contributed by atoms with Crippen LogP contribution in [0.2, 0.25) is 0 Å². The first-order chi connectivity index (χ1) is 9.89. The average molecular weight is 352 g/mol. The summed E-state index contributed by atoms with van der Waals surface area (Å²) in [6.07, 6.45) is -0.608. The minimum atomic E-state index is -2.62. The van der Waals surface area contributed by atoms with E-state index < -0.39 is 35.5 Å². The van der Waals surface area contributed by atoms with Gasteiger partial charge in [-0.1, -0.05) is 0 Å². The Morgan fingerprint density at radius 2 is 1.38 bits per heavy atom. The summed E-state index contributed by atoms with van der Waals surface area (Å²) >= 11 is 0.